The number of phenols is 2. The number of hydrogen-bond acceptors (Lipinski definition) is 3. The molecule has 0 amide bonds. The number of hydrogen-bond donors (Lipinski definition) is 3. The maximum absolute atomic E-state index is 9.44. The van der Waals surface area contributed by atoms with E-state index in [1.807, 2.05) is 6.07 Å². The predicted octanol–water partition coefficient (Wildman–Crippen LogP) is 1.13. The van der Waals surface area contributed by atoms with E-state index in [1.54, 1.807) is 6.07 Å². The zero-order valence-electron chi connectivity index (χ0n) is 6.62. The zero-order chi connectivity index (χ0) is 8.55. The number of para-hydroxylation sites is 1. The summed E-state index contributed by atoms with van der Waals surface area (Å²) in [7, 11) is 0. The summed E-state index contributed by atoms with van der Waals surface area (Å²) in [6.07, 6.45) is 1.02. The number of aromatic hydroxyl groups is 2. The van der Waals surface area contributed by atoms with E-state index in [0.29, 0.717) is 0 Å². The van der Waals surface area contributed by atoms with Gasteiger partial charge in [0.2, 0.25) is 0 Å². The standard InChI is InChI=1S/C9H11NO2/c11-8-3-1-2-6(9(8)12)7-4-5-10-7/h1-3,7,10-12H,4-5H2/t7-/m0/s1. The van der Waals surface area contributed by atoms with Gasteiger partial charge in [-0.2, -0.15) is 0 Å². The molecule has 0 saturated carbocycles. The van der Waals surface area contributed by atoms with Crippen LogP contribution in [-0.2, 0) is 0 Å². The van der Waals surface area contributed by atoms with Crippen molar-refractivity contribution in [3.63, 3.8) is 0 Å². The molecule has 1 aromatic rings. The molecule has 2 rings (SSSR count). The molecule has 1 atom stereocenters. The third kappa shape index (κ3) is 1.02. The second kappa shape index (κ2) is 2.68. The van der Waals surface area contributed by atoms with E-state index < -0.39 is 0 Å². The van der Waals surface area contributed by atoms with Gasteiger partial charge in [-0.1, -0.05) is 12.1 Å². The Hall–Kier alpha value is -1.22. The van der Waals surface area contributed by atoms with Crippen LogP contribution in [0.3, 0.4) is 0 Å². The minimum Gasteiger partial charge on any atom is -0.504 e. The lowest BCUT2D eigenvalue weighted by atomic mass is 9.97. The number of nitrogens with one attached hydrogen (secondary N) is 1. The Morgan fingerprint density at radius 3 is 2.67 bits per heavy atom. The smallest absolute Gasteiger partial charge is 0.162 e. The Morgan fingerprint density at radius 1 is 1.33 bits per heavy atom. The molecule has 1 heterocycles. The van der Waals surface area contributed by atoms with E-state index in [2.05, 4.69) is 5.32 Å². The predicted molar refractivity (Wildman–Crippen MR) is 45.1 cm³/mol. The average molecular weight is 165 g/mol. The van der Waals surface area contributed by atoms with Crippen LogP contribution in [0.15, 0.2) is 18.2 Å². The van der Waals surface area contributed by atoms with Crippen LogP contribution < -0.4 is 5.32 Å². The lowest BCUT2D eigenvalue weighted by Crippen LogP contribution is -2.34. The molecule has 1 aliphatic rings. The zero-order valence-corrected chi connectivity index (χ0v) is 6.62. The van der Waals surface area contributed by atoms with E-state index in [4.69, 9.17) is 0 Å². The first-order valence-electron chi connectivity index (χ1n) is 4.03. The topological polar surface area (TPSA) is 52.5 Å². The van der Waals surface area contributed by atoms with Gasteiger partial charge < -0.3 is 15.5 Å². The summed E-state index contributed by atoms with van der Waals surface area (Å²) < 4.78 is 0. The van der Waals surface area contributed by atoms with Crippen LogP contribution in [0.4, 0.5) is 0 Å². The molecule has 0 radical (unpaired) electrons. The van der Waals surface area contributed by atoms with Crippen molar-refractivity contribution in [2.75, 3.05) is 6.54 Å². The third-order valence-corrected chi connectivity index (χ3v) is 2.25. The number of phenolic OH excluding ortho intramolecular Hbond substituents is 2. The molecular formula is C9H11NO2. The summed E-state index contributed by atoms with van der Waals surface area (Å²) in [6, 6.07) is 5.27. The second-order valence-electron chi connectivity index (χ2n) is 3.01. The molecular weight excluding hydrogens is 154 g/mol. The molecule has 0 unspecified atom stereocenters. The molecule has 0 bridgehead atoms. The Balaban J connectivity index is 2.36. The molecule has 1 saturated heterocycles. The van der Waals surface area contributed by atoms with Gasteiger partial charge in [-0.05, 0) is 19.0 Å². The normalized spacial score (nSPS) is 21.8. The maximum atomic E-state index is 9.44. The van der Waals surface area contributed by atoms with Crippen molar-refractivity contribution in [3.8, 4) is 11.5 Å². The SMILES string of the molecule is Oc1cccc([C@@H]2CCN2)c1O. The van der Waals surface area contributed by atoms with Crippen LogP contribution in [-0.4, -0.2) is 16.8 Å². The summed E-state index contributed by atoms with van der Waals surface area (Å²) in [5.41, 5.74) is 0.793. The van der Waals surface area contributed by atoms with Gasteiger partial charge in [0.1, 0.15) is 0 Å². The van der Waals surface area contributed by atoms with E-state index in [-0.39, 0.29) is 17.5 Å². The average Bonchev–Trinajstić information content (AvgIpc) is 1.95. The Kier molecular flexibility index (Phi) is 1.66. The van der Waals surface area contributed by atoms with Gasteiger partial charge in [-0.15, -0.1) is 0 Å². The molecule has 0 spiro atoms. The van der Waals surface area contributed by atoms with Crippen molar-refractivity contribution in [1.82, 2.24) is 5.32 Å². The van der Waals surface area contributed by atoms with Crippen LogP contribution in [0.25, 0.3) is 0 Å². The van der Waals surface area contributed by atoms with Crippen LogP contribution >= 0.6 is 0 Å². The van der Waals surface area contributed by atoms with Gasteiger partial charge in [-0.25, -0.2) is 0 Å². The largest absolute Gasteiger partial charge is 0.504 e. The molecule has 12 heavy (non-hydrogen) atoms. The minimum atomic E-state index is -0.0406. The Bertz CT molecular complexity index is 295. The van der Waals surface area contributed by atoms with Crippen LogP contribution in [0.2, 0.25) is 0 Å². The third-order valence-electron chi connectivity index (χ3n) is 2.25. The summed E-state index contributed by atoms with van der Waals surface area (Å²) in [5, 5.41) is 21.8. The molecule has 3 N–H and O–H groups in total. The van der Waals surface area contributed by atoms with Crippen molar-refractivity contribution in [1.29, 1.82) is 0 Å². The summed E-state index contributed by atoms with van der Waals surface area (Å²) in [4.78, 5) is 0. The summed E-state index contributed by atoms with van der Waals surface area (Å²) in [5.74, 6) is -0.0316. The van der Waals surface area contributed by atoms with Gasteiger partial charge in [0, 0.05) is 11.6 Å². The van der Waals surface area contributed by atoms with Gasteiger partial charge in [0.05, 0.1) is 0 Å². The second-order valence-corrected chi connectivity index (χ2v) is 3.01. The lowest BCUT2D eigenvalue weighted by molar-refractivity contribution is 0.350. The lowest BCUT2D eigenvalue weighted by Gasteiger charge is -2.28. The van der Waals surface area contributed by atoms with Gasteiger partial charge in [0.15, 0.2) is 11.5 Å². The maximum Gasteiger partial charge on any atom is 0.162 e. The molecule has 1 aromatic carbocycles. The first-order valence-corrected chi connectivity index (χ1v) is 4.03. The first kappa shape index (κ1) is 7.43. The van der Waals surface area contributed by atoms with Gasteiger partial charge >= 0.3 is 0 Å². The van der Waals surface area contributed by atoms with E-state index in [1.165, 1.54) is 6.07 Å². The van der Waals surface area contributed by atoms with Crippen LogP contribution in [0, 0.1) is 0 Å². The molecule has 1 fully saturated rings. The molecule has 3 heteroatoms. The Morgan fingerprint density at radius 2 is 2.08 bits per heavy atom. The monoisotopic (exact) mass is 165 g/mol. The highest BCUT2D eigenvalue weighted by Crippen LogP contribution is 2.35. The van der Waals surface area contributed by atoms with Crippen LogP contribution in [0.1, 0.15) is 18.0 Å². The fraction of sp³-hybridized carbons (Fsp3) is 0.333. The molecule has 3 nitrogen and oxygen atoms in total. The van der Waals surface area contributed by atoms with E-state index >= 15 is 0 Å². The van der Waals surface area contributed by atoms with Crippen molar-refractivity contribution in [2.24, 2.45) is 0 Å². The van der Waals surface area contributed by atoms with Crippen molar-refractivity contribution < 1.29 is 10.2 Å². The summed E-state index contributed by atoms with van der Waals surface area (Å²) >= 11 is 0. The quantitative estimate of drug-likeness (QED) is 0.547. The van der Waals surface area contributed by atoms with E-state index in [9.17, 15) is 10.2 Å². The Labute approximate surface area is 70.7 Å². The summed E-state index contributed by atoms with van der Waals surface area (Å²) in [6.45, 7) is 0.986. The number of rotatable bonds is 1. The highest BCUT2D eigenvalue weighted by atomic mass is 16.3. The van der Waals surface area contributed by atoms with Gasteiger partial charge in [-0.3, -0.25) is 0 Å². The highest BCUT2D eigenvalue weighted by Gasteiger charge is 2.22. The first-order chi connectivity index (χ1) is 5.79. The fourth-order valence-electron chi connectivity index (χ4n) is 1.38. The van der Waals surface area contributed by atoms with Crippen molar-refractivity contribution in [3.05, 3.63) is 23.8 Å². The molecule has 64 valence electrons. The van der Waals surface area contributed by atoms with Crippen molar-refractivity contribution in [2.45, 2.75) is 12.5 Å². The molecule has 0 aromatic heterocycles. The molecule has 1 aliphatic heterocycles. The molecule has 0 aliphatic carbocycles. The van der Waals surface area contributed by atoms with Crippen molar-refractivity contribution >= 4 is 0 Å². The minimum absolute atomic E-state index is 0.00898. The van der Waals surface area contributed by atoms with Gasteiger partial charge in [0.25, 0.3) is 0 Å². The van der Waals surface area contributed by atoms with E-state index in [0.717, 1.165) is 18.5 Å². The number of benzene rings is 1. The highest BCUT2D eigenvalue weighted by molar-refractivity contribution is 5.46. The fourth-order valence-corrected chi connectivity index (χ4v) is 1.38. The van der Waals surface area contributed by atoms with Crippen LogP contribution in [0.5, 0.6) is 11.5 Å².